The van der Waals surface area contributed by atoms with Gasteiger partial charge in [0.15, 0.2) is 11.5 Å². The first-order valence-electron chi connectivity index (χ1n) is 7.76. The third kappa shape index (κ3) is 2.61. The van der Waals surface area contributed by atoms with Crippen molar-refractivity contribution in [1.82, 2.24) is 5.32 Å². The van der Waals surface area contributed by atoms with Crippen molar-refractivity contribution < 1.29 is 19.1 Å². The largest absolute Gasteiger partial charge is 0.454 e. The maximum atomic E-state index is 12.5. The molecule has 0 radical (unpaired) electrons. The number of rotatable bonds is 4. The molecule has 0 bridgehead atoms. The average molecular weight is 324 g/mol. The predicted octanol–water partition coefficient (Wildman–Crippen LogP) is 1.84. The highest BCUT2D eigenvalue weighted by molar-refractivity contribution is 6.22. The summed E-state index contributed by atoms with van der Waals surface area (Å²) in [6.07, 6.45) is 0.165. The van der Waals surface area contributed by atoms with Gasteiger partial charge in [-0.25, -0.2) is 4.90 Å². The summed E-state index contributed by atoms with van der Waals surface area (Å²) in [6.45, 7) is 0.705. The molecule has 6 heteroatoms. The van der Waals surface area contributed by atoms with Crippen LogP contribution in [0.4, 0.5) is 5.69 Å². The first kappa shape index (κ1) is 14.7. The smallest absolute Gasteiger partial charge is 0.251 e. The Morgan fingerprint density at radius 3 is 2.67 bits per heavy atom. The van der Waals surface area contributed by atoms with Crippen LogP contribution in [0.5, 0.6) is 11.5 Å². The van der Waals surface area contributed by atoms with E-state index in [1.54, 1.807) is 12.1 Å². The number of amides is 2. The van der Waals surface area contributed by atoms with Crippen molar-refractivity contribution in [1.29, 1.82) is 0 Å². The Bertz CT molecular complexity index is 791. The Labute approximate surface area is 139 Å². The van der Waals surface area contributed by atoms with Crippen LogP contribution in [0.15, 0.2) is 48.5 Å². The number of anilines is 1. The number of hydrogen-bond donors (Lipinski definition) is 1. The fraction of sp³-hybridized carbons (Fsp3) is 0.222. The summed E-state index contributed by atoms with van der Waals surface area (Å²) in [5, 5.41) is 3.16. The molecule has 1 fully saturated rings. The van der Waals surface area contributed by atoms with Crippen molar-refractivity contribution in [3.05, 3.63) is 54.1 Å². The SMILES string of the molecule is O=C1C[C@@H](NCc2ccc3c(c2)OCO3)C(=O)N1c1ccccc1. The number of carbonyl (C=O) groups excluding carboxylic acids is 2. The van der Waals surface area contributed by atoms with Gasteiger partial charge in [0.2, 0.25) is 12.7 Å². The molecule has 0 aliphatic carbocycles. The zero-order chi connectivity index (χ0) is 16.5. The zero-order valence-corrected chi connectivity index (χ0v) is 12.9. The number of imide groups is 1. The second-order valence-corrected chi connectivity index (χ2v) is 5.73. The van der Waals surface area contributed by atoms with Gasteiger partial charge in [-0.05, 0) is 29.8 Å². The number of hydrogen-bond acceptors (Lipinski definition) is 5. The summed E-state index contributed by atoms with van der Waals surface area (Å²) in [7, 11) is 0. The van der Waals surface area contributed by atoms with Gasteiger partial charge in [0.25, 0.3) is 5.91 Å². The van der Waals surface area contributed by atoms with Crippen LogP contribution in [0.1, 0.15) is 12.0 Å². The van der Waals surface area contributed by atoms with Crippen LogP contribution in [0, 0.1) is 0 Å². The molecule has 2 aliphatic heterocycles. The summed E-state index contributed by atoms with van der Waals surface area (Å²) < 4.78 is 10.6. The van der Waals surface area contributed by atoms with Gasteiger partial charge < -0.3 is 14.8 Å². The van der Waals surface area contributed by atoms with E-state index in [0.29, 0.717) is 18.0 Å². The Hall–Kier alpha value is -2.86. The normalized spacial score (nSPS) is 19.2. The minimum Gasteiger partial charge on any atom is -0.454 e. The first-order chi connectivity index (χ1) is 11.7. The van der Waals surface area contributed by atoms with E-state index in [-0.39, 0.29) is 25.0 Å². The lowest BCUT2D eigenvalue weighted by Gasteiger charge is -2.15. The molecule has 1 atom stereocenters. The fourth-order valence-electron chi connectivity index (χ4n) is 2.93. The van der Waals surface area contributed by atoms with Crippen molar-refractivity contribution in [2.45, 2.75) is 19.0 Å². The molecule has 2 amide bonds. The van der Waals surface area contributed by atoms with Crippen LogP contribution in [0.25, 0.3) is 0 Å². The molecule has 1 N–H and O–H groups in total. The molecule has 0 unspecified atom stereocenters. The van der Waals surface area contributed by atoms with Crippen LogP contribution in [0.2, 0.25) is 0 Å². The van der Waals surface area contributed by atoms with E-state index in [0.717, 1.165) is 11.3 Å². The number of carbonyl (C=O) groups is 2. The molecule has 0 spiro atoms. The Balaban J connectivity index is 1.44. The number of fused-ring (bicyclic) bond motifs is 1. The van der Waals surface area contributed by atoms with Crippen molar-refractivity contribution in [3.8, 4) is 11.5 Å². The van der Waals surface area contributed by atoms with Crippen molar-refractivity contribution >= 4 is 17.5 Å². The third-order valence-electron chi connectivity index (χ3n) is 4.15. The topological polar surface area (TPSA) is 67.9 Å². The molecule has 2 aromatic rings. The molecule has 2 aromatic carbocycles. The summed E-state index contributed by atoms with van der Waals surface area (Å²) in [5.41, 5.74) is 1.58. The lowest BCUT2D eigenvalue weighted by Crippen LogP contribution is -2.38. The third-order valence-corrected chi connectivity index (χ3v) is 4.15. The molecular weight excluding hydrogens is 308 g/mol. The van der Waals surface area contributed by atoms with Crippen molar-refractivity contribution in [2.24, 2.45) is 0 Å². The van der Waals surface area contributed by atoms with Gasteiger partial charge in [-0.1, -0.05) is 24.3 Å². The van der Waals surface area contributed by atoms with Gasteiger partial charge in [0.05, 0.1) is 18.2 Å². The van der Waals surface area contributed by atoms with Gasteiger partial charge in [-0.15, -0.1) is 0 Å². The Kier molecular flexibility index (Phi) is 3.66. The van der Waals surface area contributed by atoms with E-state index in [4.69, 9.17) is 9.47 Å². The number of ether oxygens (including phenoxy) is 2. The zero-order valence-electron chi connectivity index (χ0n) is 12.9. The molecule has 6 nitrogen and oxygen atoms in total. The first-order valence-corrected chi connectivity index (χ1v) is 7.76. The minimum atomic E-state index is -0.511. The Morgan fingerprint density at radius 2 is 1.83 bits per heavy atom. The van der Waals surface area contributed by atoms with Gasteiger partial charge in [0.1, 0.15) is 0 Å². The summed E-state index contributed by atoms with van der Waals surface area (Å²) in [5.74, 6) is 1.02. The maximum Gasteiger partial charge on any atom is 0.251 e. The van der Waals surface area contributed by atoms with Crippen LogP contribution in [-0.2, 0) is 16.1 Å². The van der Waals surface area contributed by atoms with Crippen LogP contribution < -0.4 is 19.7 Å². The standard InChI is InChI=1S/C18H16N2O4/c21-17-9-14(18(22)20(17)13-4-2-1-3-5-13)19-10-12-6-7-15-16(8-12)24-11-23-15/h1-8,14,19H,9-11H2/t14-/m1/s1. The highest BCUT2D eigenvalue weighted by Gasteiger charge is 2.39. The second-order valence-electron chi connectivity index (χ2n) is 5.73. The summed E-state index contributed by atoms with van der Waals surface area (Å²) in [4.78, 5) is 26.0. The van der Waals surface area contributed by atoms with E-state index in [1.165, 1.54) is 4.90 Å². The second kappa shape index (κ2) is 5.98. The van der Waals surface area contributed by atoms with Crippen LogP contribution in [0.3, 0.4) is 0 Å². The lowest BCUT2D eigenvalue weighted by atomic mass is 10.1. The Morgan fingerprint density at radius 1 is 1.04 bits per heavy atom. The quantitative estimate of drug-likeness (QED) is 0.869. The molecule has 2 aliphatic rings. The molecule has 0 aromatic heterocycles. The van der Waals surface area contributed by atoms with E-state index < -0.39 is 6.04 Å². The highest BCUT2D eigenvalue weighted by atomic mass is 16.7. The summed E-state index contributed by atoms with van der Waals surface area (Å²) >= 11 is 0. The molecule has 122 valence electrons. The molecule has 0 saturated carbocycles. The van der Waals surface area contributed by atoms with E-state index in [2.05, 4.69) is 5.32 Å². The summed E-state index contributed by atoms with van der Waals surface area (Å²) in [6, 6.07) is 14.1. The predicted molar refractivity (Wildman–Crippen MR) is 86.7 cm³/mol. The van der Waals surface area contributed by atoms with Crippen molar-refractivity contribution in [3.63, 3.8) is 0 Å². The minimum absolute atomic E-state index is 0.165. The molecule has 1 saturated heterocycles. The number of nitrogens with zero attached hydrogens (tertiary/aromatic N) is 1. The molecular formula is C18H16N2O4. The van der Waals surface area contributed by atoms with Crippen LogP contribution in [-0.4, -0.2) is 24.6 Å². The average Bonchev–Trinajstić information content (AvgIpc) is 3.17. The van der Waals surface area contributed by atoms with Crippen molar-refractivity contribution in [2.75, 3.05) is 11.7 Å². The number of para-hydroxylation sites is 1. The van der Waals surface area contributed by atoms with E-state index >= 15 is 0 Å². The highest BCUT2D eigenvalue weighted by Crippen LogP contribution is 2.32. The maximum absolute atomic E-state index is 12.5. The fourth-order valence-corrected chi connectivity index (χ4v) is 2.93. The molecule has 4 rings (SSSR count). The van der Waals surface area contributed by atoms with Gasteiger partial charge >= 0.3 is 0 Å². The molecule has 24 heavy (non-hydrogen) atoms. The monoisotopic (exact) mass is 324 g/mol. The van der Waals surface area contributed by atoms with Gasteiger partial charge in [-0.3, -0.25) is 9.59 Å². The van der Waals surface area contributed by atoms with Crippen LogP contribution >= 0.6 is 0 Å². The molecule has 2 heterocycles. The lowest BCUT2D eigenvalue weighted by molar-refractivity contribution is -0.121. The van der Waals surface area contributed by atoms with Gasteiger partial charge in [-0.2, -0.15) is 0 Å². The number of benzene rings is 2. The van der Waals surface area contributed by atoms with E-state index in [9.17, 15) is 9.59 Å². The number of nitrogens with one attached hydrogen (secondary N) is 1. The van der Waals surface area contributed by atoms with E-state index in [1.807, 2.05) is 36.4 Å². The van der Waals surface area contributed by atoms with Gasteiger partial charge in [0, 0.05) is 6.54 Å².